The number of hydrogen-bond donors (Lipinski definition) is 1. The second-order valence-corrected chi connectivity index (χ2v) is 7.08. The van der Waals surface area contributed by atoms with E-state index in [9.17, 15) is 13.6 Å². The van der Waals surface area contributed by atoms with E-state index in [4.69, 9.17) is 4.74 Å². The zero-order chi connectivity index (χ0) is 18.5. The molecule has 1 aliphatic carbocycles. The van der Waals surface area contributed by atoms with E-state index in [0.29, 0.717) is 15.6 Å². The van der Waals surface area contributed by atoms with Crippen molar-refractivity contribution in [2.45, 2.75) is 44.8 Å². The molecule has 0 unspecified atom stereocenters. The molecule has 8 heteroatoms. The normalized spacial score (nSPS) is 21.5. The molecule has 1 heterocycles. The largest absolute Gasteiger partial charge is 0.493 e. The molecule has 1 amide bonds. The van der Waals surface area contributed by atoms with Gasteiger partial charge in [0.1, 0.15) is 0 Å². The molecule has 140 valence electrons. The lowest BCUT2D eigenvalue weighted by atomic mass is 9.96. The Hall–Kier alpha value is -2.09. The van der Waals surface area contributed by atoms with Gasteiger partial charge >= 0.3 is 6.61 Å². The number of methoxy groups -OCH3 is 1. The standard InChI is InChI=1S/C18H20F2N2O3S/c1-24-13-9-5-6-11(15(13)25-17(19)20)10-14-16(23)22-18(26-14)21-12-7-3-2-4-8-12/h5-6,9-10,12,17H,2-4,7-8H2,1H3,(H,21,22,23)/b14-10+. The van der Waals surface area contributed by atoms with Crippen LogP contribution in [-0.4, -0.2) is 30.8 Å². The maximum absolute atomic E-state index is 12.7. The highest BCUT2D eigenvalue weighted by Gasteiger charge is 2.26. The van der Waals surface area contributed by atoms with E-state index in [1.807, 2.05) is 0 Å². The van der Waals surface area contributed by atoms with Gasteiger partial charge in [-0.25, -0.2) is 0 Å². The average molecular weight is 382 g/mol. The number of carbonyl (C=O) groups excluding carboxylic acids is 1. The molecule has 1 saturated heterocycles. The van der Waals surface area contributed by atoms with Crippen molar-refractivity contribution in [3.8, 4) is 11.5 Å². The summed E-state index contributed by atoms with van der Waals surface area (Å²) in [5.74, 6) is -0.210. The van der Waals surface area contributed by atoms with E-state index in [2.05, 4.69) is 15.0 Å². The van der Waals surface area contributed by atoms with Crippen molar-refractivity contribution in [1.82, 2.24) is 5.32 Å². The first-order valence-electron chi connectivity index (χ1n) is 8.47. The first-order chi connectivity index (χ1) is 12.6. The van der Waals surface area contributed by atoms with Crippen molar-refractivity contribution >= 4 is 28.9 Å². The van der Waals surface area contributed by atoms with Crippen LogP contribution >= 0.6 is 11.8 Å². The van der Waals surface area contributed by atoms with Gasteiger partial charge in [-0.3, -0.25) is 9.79 Å². The van der Waals surface area contributed by atoms with Crippen LogP contribution in [0.1, 0.15) is 37.7 Å². The molecular formula is C18H20F2N2O3S. The Morgan fingerprint density at radius 1 is 1.31 bits per heavy atom. The molecule has 0 aromatic heterocycles. The number of thioether (sulfide) groups is 1. The minimum Gasteiger partial charge on any atom is -0.493 e. The van der Waals surface area contributed by atoms with Crippen LogP contribution in [0.3, 0.4) is 0 Å². The predicted octanol–water partition coefficient (Wildman–Crippen LogP) is 4.19. The Labute approximate surface area is 154 Å². The monoisotopic (exact) mass is 382 g/mol. The van der Waals surface area contributed by atoms with Gasteiger partial charge in [0.15, 0.2) is 16.7 Å². The van der Waals surface area contributed by atoms with E-state index in [1.165, 1.54) is 37.4 Å². The maximum Gasteiger partial charge on any atom is 0.387 e. The van der Waals surface area contributed by atoms with Crippen molar-refractivity contribution in [3.63, 3.8) is 0 Å². The number of carbonyl (C=O) groups is 1. The molecule has 26 heavy (non-hydrogen) atoms. The first-order valence-corrected chi connectivity index (χ1v) is 9.29. The third-order valence-electron chi connectivity index (χ3n) is 4.25. The number of nitrogens with zero attached hydrogens (tertiary/aromatic N) is 1. The Morgan fingerprint density at radius 2 is 2.08 bits per heavy atom. The fourth-order valence-corrected chi connectivity index (χ4v) is 3.91. The van der Waals surface area contributed by atoms with Crippen LogP contribution in [0.15, 0.2) is 28.1 Å². The number of aliphatic imine (C=N–C) groups is 1. The lowest BCUT2D eigenvalue weighted by molar-refractivity contribution is -0.115. The van der Waals surface area contributed by atoms with E-state index in [-0.39, 0.29) is 23.4 Å². The minimum absolute atomic E-state index is 0.0939. The molecule has 0 radical (unpaired) electrons. The number of rotatable bonds is 5. The third kappa shape index (κ3) is 4.55. The highest BCUT2D eigenvalue weighted by molar-refractivity contribution is 8.18. The van der Waals surface area contributed by atoms with Crippen LogP contribution in [0, 0.1) is 0 Å². The number of amidine groups is 1. The van der Waals surface area contributed by atoms with E-state index >= 15 is 0 Å². The van der Waals surface area contributed by atoms with Gasteiger partial charge < -0.3 is 14.8 Å². The molecule has 0 bridgehead atoms. The van der Waals surface area contributed by atoms with Crippen LogP contribution in [-0.2, 0) is 4.79 Å². The second-order valence-electron chi connectivity index (χ2n) is 6.05. The van der Waals surface area contributed by atoms with Crippen molar-refractivity contribution < 1.29 is 23.0 Å². The van der Waals surface area contributed by atoms with Crippen LogP contribution in [0.4, 0.5) is 8.78 Å². The molecule has 0 spiro atoms. The molecule has 1 N–H and O–H groups in total. The summed E-state index contributed by atoms with van der Waals surface area (Å²) < 4.78 is 35.1. The zero-order valence-electron chi connectivity index (χ0n) is 14.3. The molecule has 5 nitrogen and oxygen atoms in total. The van der Waals surface area contributed by atoms with Gasteiger partial charge in [-0.1, -0.05) is 31.4 Å². The summed E-state index contributed by atoms with van der Waals surface area (Å²) in [5, 5.41) is 3.31. The van der Waals surface area contributed by atoms with Gasteiger partial charge in [0.2, 0.25) is 0 Å². The average Bonchev–Trinajstić information content (AvgIpc) is 2.96. The fourth-order valence-electron chi connectivity index (χ4n) is 3.03. The Bertz CT molecular complexity index is 731. The number of amides is 1. The quantitative estimate of drug-likeness (QED) is 0.776. The van der Waals surface area contributed by atoms with Crippen molar-refractivity contribution in [3.05, 3.63) is 28.7 Å². The summed E-state index contributed by atoms with van der Waals surface area (Å²) >= 11 is 1.21. The summed E-state index contributed by atoms with van der Waals surface area (Å²) in [7, 11) is 1.37. The number of alkyl halides is 2. The van der Waals surface area contributed by atoms with Crippen LogP contribution < -0.4 is 14.8 Å². The van der Waals surface area contributed by atoms with Crippen LogP contribution in [0.5, 0.6) is 11.5 Å². The van der Waals surface area contributed by atoms with Crippen LogP contribution in [0.2, 0.25) is 0 Å². The summed E-state index contributed by atoms with van der Waals surface area (Å²) in [6, 6.07) is 5.01. The van der Waals surface area contributed by atoms with Gasteiger partial charge in [-0.2, -0.15) is 8.78 Å². The van der Waals surface area contributed by atoms with Crippen molar-refractivity contribution in [2.24, 2.45) is 4.99 Å². The second kappa shape index (κ2) is 8.53. The maximum atomic E-state index is 12.7. The van der Waals surface area contributed by atoms with Crippen molar-refractivity contribution in [2.75, 3.05) is 7.11 Å². The van der Waals surface area contributed by atoms with Gasteiger partial charge in [0, 0.05) is 5.56 Å². The first kappa shape index (κ1) is 18.7. The number of ether oxygens (including phenoxy) is 2. The summed E-state index contributed by atoms with van der Waals surface area (Å²) in [6.45, 7) is -2.99. The van der Waals surface area contributed by atoms with Gasteiger partial charge in [0.05, 0.1) is 18.1 Å². The van der Waals surface area contributed by atoms with Gasteiger partial charge in [-0.05, 0) is 36.7 Å². The minimum atomic E-state index is -2.99. The van der Waals surface area contributed by atoms with Crippen LogP contribution in [0.25, 0.3) is 6.08 Å². The van der Waals surface area contributed by atoms with Gasteiger partial charge in [0.25, 0.3) is 5.91 Å². The number of hydrogen-bond acceptors (Lipinski definition) is 5. The molecule has 2 fully saturated rings. The number of para-hydroxylation sites is 1. The Morgan fingerprint density at radius 3 is 2.77 bits per heavy atom. The summed E-state index contributed by atoms with van der Waals surface area (Å²) in [6.07, 6.45) is 7.11. The topological polar surface area (TPSA) is 59.9 Å². The highest BCUT2D eigenvalue weighted by atomic mass is 32.2. The van der Waals surface area contributed by atoms with Crippen molar-refractivity contribution in [1.29, 1.82) is 0 Å². The third-order valence-corrected chi connectivity index (χ3v) is 5.17. The molecular weight excluding hydrogens is 362 g/mol. The summed E-state index contributed by atoms with van der Waals surface area (Å²) in [4.78, 5) is 17.2. The van der Waals surface area contributed by atoms with Gasteiger partial charge in [-0.15, -0.1) is 0 Å². The number of halogens is 2. The Balaban J connectivity index is 1.83. The lowest BCUT2D eigenvalue weighted by Crippen LogP contribution is -2.22. The molecule has 1 aromatic carbocycles. The number of nitrogens with one attached hydrogen (secondary N) is 1. The highest BCUT2D eigenvalue weighted by Crippen LogP contribution is 2.36. The summed E-state index contributed by atoms with van der Waals surface area (Å²) in [5.41, 5.74) is 0.348. The fraction of sp³-hybridized carbons (Fsp3) is 0.444. The van der Waals surface area contributed by atoms with E-state index in [0.717, 1.165) is 25.7 Å². The molecule has 3 rings (SSSR count). The molecule has 1 aromatic rings. The molecule has 1 saturated carbocycles. The van der Waals surface area contributed by atoms with E-state index in [1.54, 1.807) is 12.1 Å². The molecule has 1 aliphatic heterocycles. The Kier molecular flexibility index (Phi) is 6.13. The molecule has 2 aliphatic rings. The zero-order valence-corrected chi connectivity index (χ0v) is 15.2. The lowest BCUT2D eigenvalue weighted by Gasteiger charge is -2.17. The molecule has 0 atom stereocenters. The smallest absolute Gasteiger partial charge is 0.387 e. The predicted molar refractivity (Wildman–Crippen MR) is 97.6 cm³/mol. The SMILES string of the molecule is COc1cccc(/C=C2/SC(=NC3CCCCC3)NC2=O)c1OC(F)F. The van der Waals surface area contributed by atoms with E-state index < -0.39 is 6.61 Å². The number of benzene rings is 1.